The molecule has 0 spiro atoms. The second-order valence-corrected chi connectivity index (χ2v) is 9.83. The van der Waals surface area contributed by atoms with Gasteiger partial charge in [0.05, 0.1) is 23.6 Å². The van der Waals surface area contributed by atoms with Gasteiger partial charge >= 0.3 is 0 Å². The number of nitriles is 1. The molecule has 5 nitrogen and oxygen atoms in total. The zero-order valence-corrected chi connectivity index (χ0v) is 16.9. The van der Waals surface area contributed by atoms with E-state index in [0.717, 1.165) is 38.2 Å². The molecule has 2 bridgehead atoms. The Morgan fingerprint density at radius 2 is 1.94 bits per heavy atom. The van der Waals surface area contributed by atoms with Gasteiger partial charge in [0.25, 0.3) is 0 Å². The van der Waals surface area contributed by atoms with E-state index in [1.54, 1.807) is 12.1 Å². The number of carbonyl (C=O) groups excluding carboxylic acids is 1. The molecular formula is C24H21F2N3O2. The van der Waals surface area contributed by atoms with Gasteiger partial charge in [-0.2, -0.15) is 5.26 Å². The quantitative estimate of drug-likeness (QED) is 0.728. The predicted octanol–water partition coefficient (Wildman–Crippen LogP) is 4.14. The first-order valence-electron chi connectivity index (χ1n) is 10.7. The Hall–Kier alpha value is -3.01. The van der Waals surface area contributed by atoms with Gasteiger partial charge in [-0.3, -0.25) is 4.79 Å². The van der Waals surface area contributed by atoms with E-state index in [0.29, 0.717) is 29.5 Å². The smallest absolute Gasteiger partial charge is 0.229 e. The van der Waals surface area contributed by atoms with Gasteiger partial charge in [-0.1, -0.05) is 0 Å². The highest BCUT2D eigenvalue weighted by atomic mass is 19.1. The fourth-order valence-electron chi connectivity index (χ4n) is 6.22. The molecule has 1 aliphatic heterocycles. The summed E-state index contributed by atoms with van der Waals surface area (Å²) < 4.78 is 33.4. The number of pyridine rings is 1. The Morgan fingerprint density at radius 3 is 2.58 bits per heavy atom. The van der Waals surface area contributed by atoms with Crippen LogP contribution in [0.4, 0.5) is 8.78 Å². The van der Waals surface area contributed by atoms with Crippen molar-refractivity contribution in [1.82, 2.24) is 9.88 Å². The molecule has 5 fully saturated rings. The van der Waals surface area contributed by atoms with Crippen molar-refractivity contribution in [3.63, 3.8) is 0 Å². The highest BCUT2D eigenvalue weighted by molar-refractivity contribution is 5.88. The lowest BCUT2D eigenvalue weighted by Gasteiger charge is -2.69. The van der Waals surface area contributed by atoms with Crippen LogP contribution in [0.25, 0.3) is 0 Å². The minimum atomic E-state index is -0.596. The highest BCUT2D eigenvalue weighted by Crippen LogP contribution is 2.75. The minimum Gasteiger partial charge on any atom is -0.477 e. The molecule has 0 N–H and O–H groups in total. The summed E-state index contributed by atoms with van der Waals surface area (Å²) in [5.74, 6) is -0.113. The SMILES string of the molecule is N#Cc1ccc(OCC23CC(C(=O)N4[C@@H]5C[C@@H]5C[C@H]4c4cc(F)cc(F)c4)(C2)C3)nc1. The number of hydrogen-bond donors (Lipinski definition) is 0. The van der Waals surface area contributed by atoms with E-state index >= 15 is 0 Å². The van der Waals surface area contributed by atoms with Crippen molar-refractivity contribution in [2.24, 2.45) is 16.7 Å². The van der Waals surface area contributed by atoms with Gasteiger partial charge in [-0.05, 0) is 61.8 Å². The molecule has 4 saturated carbocycles. The molecule has 3 atom stereocenters. The van der Waals surface area contributed by atoms with Gasteiger partial charge in [-0.25, -0.2) is 13.8 Å². The molecule has 1 saturated heterocycles. The number of hydrogen-bond acceptors (Lipinski definition) is 4. The van der Waals surface area contributed by atoms with Gasteiger partial charge in [0.2, 0.25) is 11.8 Å². The maximum Gasteiger partial charge on any atom is 0.229 e. The van der Waals surface area contributed by atoms with E-state index in [-0.39, 0.29) is 28.8 Å². The first kappa shape index (κ1) is 18.7. The minimum absolute atomic E-state index is 0.00831. The van der Waals surface area contributed by atoms with Gasteiger partial charge < -0.3 is 9.64 Å². The number of ether oxygens (including phenoxy) is 1. The number of fused-ring (bicyclic) bond motifs is 1. The molecule has 0 radical (unpaired) electrons. The van der Waals surface area contributed by atoms with E-state index in [1.165, 1.54) is 18.3 Å². The Kier molecular flexibility index (Phi) is 3.78. The summed E-state index contributed by atoms with van der Waals surface area (Å²) in [5, 5.41) is 8.85. The summed E-state index contributed by atoms with van der Waals surface area (Å²) in [4.78, 5) is 19.6. The fraction of sp³-hybridized carbons (Fsp3) is 0.458. The number of halogens is 2. The third kappa shape index (κ3) is 2.84. The molecule has 158 valence electrons. The predicted molar refractivity (Wildman–Crippen MR) is 106 cm³/mol. The monoisotopic (exact) mass is 421 g/mol. The third-order valence-electron chi connectivity index (χ3n) is 7.59. The summed E-state index contributed by atoms with van der Waals surface area (Å²) >= 11 is 0. The molecule has 31 heavy (non-hydrogen) atoms. The molecule has 2 aromatic rings. The average molecular weight is 421 g/mol. The Bertz CT molecular complexity index is 1090. The number of rotatable bonds is 5. The van der Waals surface area contributed by atoms with Gasteiger partial charge in [-0.15, -0.1) is 0 Å². The van der Waals surface area contributed by atoms with Crippen molar-refractivity contribution in [3.8, 4) is 11.9 Å². The number of nitrogens with zero attached hydrogens (tertiary/aromatic N) is 3. The molecule has 1 aromatic heterocycles. The summed E-state index contributed by atoms with van der Waals surface area (Å²) in [6.45, 7) is 0.505. The van der Waals surface area contributed by atoms with Crippen LogP contribution in [-0.2, 0) is 4.79 Å². The largest absolute Gasteiger partial charge is 0.477 e. The van der Waals surface area contributed by atoms with E-state index < -0.39 is 11.6 Å². The molecule has 7 heteroatoms. The summed E-state index contributed by atoms with van der Waals surface area (Å²) in [6, 6.07) is 8.97. The van der Waals surface area contributed by atoms with Crippen LogP contribution >= 0.6 is 0 Å². The average Bonchev–Trinajstić information content (AvgIpc) is 3.35. The first-order chi connectivity index (χ1) is 14.9. The van der Waals surface area contributed by atoms with Crippen molar-refractivity contribution in [2.45, 2.75) is 44.2 Å². The number of amides is 1. The summed E-state index contributed by atoms with van der Waals surface area (Å²) in [6.07, 6.45) is 5.62. The molecular weight excluding hydrogens is 400 g/mol. The van der Waals surface area contributed by atoms with Crippen LogP contribution in [0.1, 0.15) is 49.3 Å². The van der Waals surface area contributed by atoms with E-state index in [4.69, 9.17) is 10.00 Å². The van der Waals surface area contributed by atoms with Gasteiger partial charge in [0.1, 0.15) is 17.7 Å². The molecule has 1 amide bonds. The Morgan fingerprint density at radius 1 is 1.19 bits per heavy atom. The number of benzene rings is 1. The standard InChI is InChI=1S/C24H21F2N3O2/c25-17-3-15(4-18(26)7-17)19-5-16-6-20(16)29(19)22(30)24-10-23(11-24,12-24)13-31-21-2-1-14(8-27)9-28-21/h1-4,7,9,16,19-20H,5-6,10-13H2/t16-,19-,20+,23?,24?/m0/s1. The first-order valence-corrected chi connectivity index (χ1v) is 10.7. The van der Waals surface area contributed by atoms with Crippen molar-refractivity contribution in [1.29, 1.82) is 5.26 Å². The van der Waals surface area contributed by atoms with Crippen LogP contribution in [0.5, 0.6) is 5.88 Å². The lowest BCUT2D eigenvalue weighted by molar-refractivity contribution is -0.227. The van der Waals surface area contributed by atoms with Crippen LogP contribution < -0.4 is 4.74 Å². The van der Waals surface area contributed by atoms with Crippen molar-refractivity contribution in [2.75, 3.05) is 6.61 Å². The maximum absolute atomic E-state index is 13.8. The zero-order valence-electron chi connectivity index (χ0n) is 16.9. The number of carbonyl (C=O) groups is 1. The summed E-state index contributed by atoms with van der Waals surface area (Å²) in [7, 11) is 0. The Balaban J connectivity index is 1.13. The highest BCUT2D eigenvalue weighted by Gasteiger charge is 2.74. The van der Waals surface area contributed by atoms with Gasteiger partial charge in [0.15, 0.2) is 0 Å². The zero-order chi connectivity index (χ0) is 21.4. The van der Waals surface area contributed by atoms with Gasteiger partial charge in [0, 0.05) is 29.8 Å². The van der Waals surface area contributed by atoms with E-state index in [2.05, 4.69) is 4.98 Å². The molecule has 7 rings (SSSR count). The second-order valence-electron chi connectivity index (χ2n) is 9.83. The van der Waals surface area contributed by atoms with Crippen LogP contribution in [0.2, 0.25) is 0 Å². The normalized spacial score (nSPS) is 34.2. The number of aromatic nitrogens is 1. The van der Waals surface area contributed by atoms with Crippen LogP contribution in [-0.4, -0.2) is 28.4 Å². The summed E-state index contributed by atoms with van der Waals surface area (Å²) in [5.41, 5.74) is 0.714. The van der Waals surface area contributed by atoms with Crippen molar-refractivity contribution < 1.29 is 18.3 Å². The number of likely N-dealkylation sites (tertiary alicyclic amines) is 1. The molecule has 1 aromatic carbocycles. The van der Waals surface area contributed by atoms with E-state index in [9.17, 15) is 13.6 Å². The second kappa shape index (κ2) is 6.25. The van der Waals surface area contributed by atoms with Crippen molar-refractivity contribution in [3.05, 3.63) is 59.3 Å². The molecule has 5 aliphatic rings. The number of piperidine rings is 1. The maximum atomic E-state index is 13.8. The Labute approximate surface area is 178 Å². The lowest BCUT2D eigenvalue weighted by Crippen LogP contribution is -2.70. The lowest BCUT2D eigenvalue weighted by atomic mass is 9.35. The third-order valence-corrected chi connectivity index (χ3v) is 7.59. The fourth-order valence-corrected chi connectivity index (χ4v) is 6.22. The van der Waals surface area contributed by atoms with Crippen LogP contribution in [0.3, 0.4) is 0 Å². The van der Waals surface area contributed by atoms with Crippen LogP contribution in [0.15, 0.2) is 36.5 Å². The molecule has 4 aliphatic carbocycles. The van der Waals surface area contributed by atoms with Crippen molar-refractivity contribution >= 4 is 5.91 Å². The van der Waals surface area contributed by atoms with E-state index in [1.807, 2.05) is 11.0 Å². The molecule has 0 unspecified atom stereocenters. The van der Waals surface area contributed by atoms with Crippen LogP contribution in [0, 0.1) is 39.7 Å². The topological polar surface area (TPSA) is 66.2 Å². The molecule has 2 heterocycles.